The zero-order valence-electron chi connectivity index (χ0n) is 25.9. The second kappa shape index (κ2) is 20.0. The zero-order chi connectivity index (χ0) is 32.3. The lowest BCUT2D eigenvalue weighted by Crippen LogP contribution is -2.35. The summed E-state index contributed by atoms with van der Waals surface area (Å²) in [6.07, 6.45) is 0.762. The van der Waals surface area contributed by atoms with Gasteiger partial charge >= 0.3 is 18.0 Å². The van der Waals surface area contributed by atoms with Gasteiger partial charge in [-0.15, -0.1) is 0 Å². The van der Waals surface area contributed by atoms with Crippen LogP contribution in [0.5, 0.6) is 0 Å². The van der Waals surface area contributed by atoms with E-state index in [0.29, 0.717) is 19.3 Å². The van der Waals surface area contributed by atoms with E-state index in [-0.39, 0.29) is 68.1 Å². The molecule has 1 amide bonds. The summed E-state index contributed by atoms with van der Waals surface area (Å²) in [7, 11) is 0. The van der Waals surface area contributed by atoms with Crippen molar-refractivity contribution in [3.05, 3.63) is 71.8 Å². The SMILES string of the molecule is C[C@@H](CCC(=O)CN)C(=O)OCc1ccccc1.C[C@@H](CCC(=O)CNC(=O)OC(C)(C)C)C(=O)OCc1ccccc1. The molecule has 0 fully saturated rings. The number of hydrogen-bond donors (Lipinski definition) is 2. The Labute approximate surface area is 254 Å². The number of ether oxygens (including phenoxy) is 3. The largest absolute Gasteiger partial charge is 0.461 e. The molecule has 0 saturated heterocycles. The van der Waals surface area contributed by atoms with Crippen LogP contribution in [0, 0.1) is 11.8 Å². The summed E-state index contributed by atoms with van der Waals surface area (Å²) in [5, 5.41) is 2.41. The molecule has 2 aromatic carbocycles. The minimum atomic E-state index is -0.629. The second-order valence-electron chi connectivity index (χ2n) is 11.2. The molecule has 0 aliphatic rings. The van der Waals surface area contributed by atoms with Gasteiger partial charge < -0.3 is 25.3 Å². The molecule has 0 radical (unpaired) electrons. The second-order valence-corrected chi connectivity index (χ2v) is 11.2. The molecule has 2 atom stereocenters. The number of nitrogens with two attached hydrogens (primary N) is 1. The average molecular weight is 599 g/mol. The molecular formula is C33H46N2O8. The van der Waals surface area contributed by atoms with Crippen LogP contribution in [0.2, 0.25) is 0 Å². The predicted molar refractivity (Wildman–Crippen MR) is 163 cm³/mol. The van der Waals surface area contributed by atoms with E-state index < -0.39 is 11.7 Å². The van der Waals surface area contributed by atoms with Gasteiger partial charge in [-0.25, -0.2) is 4.79 Å². The van der Waals surface area contributed by atoms with E-state index in [1.54, 1.807) is 34.6 Å². The number of nitrogens with one attached hydrogen (secondary N) is 1. The lowest BCUT2D eigenvalue weighted by Gasteiger charge is -2.19. The summed E-state index contributed by atoms with van der Waals surface area (Å²) in [5.74, 6) is -1.45. The van der Waals surface area contributed by atoms with Crippen molar-refractivity contribution >= 4 is 29.6 Å². The molecule has 236 valence electrons. The summed E-state index contributed by atoms with van der Waals surface area (Å²) in [5.41, 5.74) is 6.47. The first kappa shape index (κ1) is 37.0. The topological polar surface area (TPSA) is 151 Å². The van der Waals surface area contributed by atoms with Gasteiger partial charge in [0.25, 0.3) is 0 Å². The standard InChI is InChI=1S/C19H27NO5.C14H19NO3/c1-14(17(22)24-13-15-8-6-5-7-9-15)10-11-16(21)12-20-18(23)25-19(2,3)4;1-11(7-8-13(16)9-15)14(17)18-10-12-5-3-2-4-6-12/h5-9,14H,10-13H2,1-4H3,(H,20,23);2-6,11H,7-10,15H2,1H3/t14-;11-/m00/s1. The number of Topliss-reactive ketones (excluding diaryl/α,β-unsaturated/α-hetero) is 2. The van der Waals surface area contributed by atoms with E-state index in [1.165, 1.54) is 0 Å². The highest BCUT2D eigenvalue weighted by atomic mass is 16.6. The Hall–Kier alpha value is -4.05. The first-order chi connectivity index (χ1) is 20.3. The molecule has 10 nitrogen and oxygen atoms in total. The van der Waals surface area contributed by atoms with Gasteiger partial charge in [0.05, 0.1) is 24.9 Å². The lowest BCUT2D eigenvalue weighted by atomic mass is 10.0. The highest BCUT2D eigenvalue weighted by Crippen LogP contribution is 2.12. The van der Waals surface area contributed by atoms with Crippen LogP contribution in [-0.2, 0) is 46.6 Å². The first-order valence-corrected chi connectivity index (χ1v) is 14.4. The van der Waals surface area contributed by atoms with E-state index >= 15 is 0 Å². The van der Waals surface area contributed by atoms with Gasteiger partial charge in [0.1, 0.15) is 24.6 Å². The molecule has 0 unspecified atom stereocenters. The number of carbonyl (C=O) groups is 5. The van der Waals surface area contributed by atoms with Gasteiger partial charge in [0, 0.05) is 12.8 Å². The molecule has 0 aliphatic carbocycles. The van der Waals surface area contributed by atoms with Crippen molar-refractivity contribution in [1.82, 2.24) is 5.32 Å². The Kier molecular flexibility index (Phi) is 17.2. The van der Waals surface area contributed by atoms with E-state index in [2.05, 4.69) is 5.32 Å². The van der Waals surface area contributed by atoms with E-state index in [1.807, 2.05) is 60.7 Å². The third kappa shape index (κ3) is 18.2. The van der Waals surface area contributed by atoms with E-state index in [4.69, 9.17) is 19.9 Å². The van der Waals surface area contributed by atoms with Crippen LogP contribution >= 0.6 is 0 Å². The Morgan fingerprint density at radius 1 is 0.721 bits per heavy atom. The van der Waals surface area contributed by atoms with Crippen molar-refractivity contribution in [2.24, 2.45) is 17.6 Å². The number of hydrogen-bond acceptors (Lipinski definition) is 9. The van der Waals surface area contributed by atoms with Crippen LogP contribution in [-0.4, -0.2) is 48.3 Å². The molecule has 3 N–H and O–H groups in total. The Bertz CT molecular complexity index is 1150. The van der Waals surface area contributed by atoms with Gasteiger partial charge in [-0.2, -0.15) is 0 Å². The smallest absolute Gasteiger partial charge is 0.408 e. The zero-order valence-corrected chi connectivity index (χ0v) is 25.9. The van der Waals surface area contributed by atoms with Crippen LogP contribution in [0.25, 0.3) is 0 Å². The maximum Gasteiger partial charge on any atom is 0.408 e. The van der Waals surface area contributed by atoms with Crippen LogP contribution in [0.4, 0.5) is 4.79 Å². The van der Waals surface area contributed by atoms with Gasteiger partial charge in [-0.05, 0) is 44.7 Å². The molecule has 43 heavy (non-hydrogen) atoms. The molecule has 0 spiro atoms. The molecule has 0 aliphatic heterocycles. The minimum absolute atomic E-state index is 0.0299. The van der Waals surface area contributed by atoms with Crippen molar-refractivity contribution in [2.75, 3.05) is 13.1 Å². The molecule has 0 aromatic heterocycles. The predicted octanol–water partition coefficient (Wildman–Crippen LogP) is 4.91. The maximum absolute atomic E-state index is 11.9. The van der Waals surface area contributed by atoms with Crippen LogP contribution in [0.15, 0.2) is 60.7 Å². The monoisotopic (exact) mass is 598 g/mol. The van der Waals surface area contributed by atoms with Gasteiger partial charge in [-0.1, -0.05) is 74.5 Å². The summed E-state index contributed by atoms with van der Waals surface area (Å²) < 4.78 is 15.5. The normalized spacial score (nSPS) is 12.0. The Morgan fingerprint density at radius 2 is 1.14 bits per heavy atom. The molecule has 0 saturated carbocycles. The van der Waals surface area contributed by atoms with Crippen LogP contribution in [0.1, 0.15) is 71.4 Å². The summed E-state index contributed by atoms with van der Waals surface area (Å²) in [6.45, 7) is 9.14. The minimum Gasteiger partial charge on any atom is -0.461 e. The van der Waals surface area contributed by atoms with Crippen molar-refractivity contribution in [1.29, 1.82) is 0 Å². The number of benzene rings is 2. The molecule has 0 bridgehead atoms. The molecule has 0 heterocycles. The third-order valence-electron chi connectivity index (χ3n) is 6.02. The first-order valence-electron chi connectivity index (χ1n) is 14.4. The highest BCUT2D eigenvalue weighted by Gasteiger charge is 2.19. The van der Waals surface area contributed by atoms with Crippen molar-refractivity contribution in [3.63, 3.8) is 0 Å². The fourth-order valence-corrected chi connectivity index (χ4v) is 3.41. The summed E-state index contributed by atoms with van der Waals surface area (Å²) in [6, 6.07) is 18.9. The number of ketones is 2. The van der Waals surface area contributed by atoms with Crippen molar-refractivity contribution in [3.8, 4) is 0 Å². The van der Waals surface area contributed by atoms with E-state index in [9.17, 15) is 24.0 Å². The quantitative estimate of drug-likeness (QED) is 0.215. The number of esters is 2. The van der Waals surface area contributed by atoms with Gasteiger partial charge in [0.2, 0.25) is 0 Å². The Morgan fingerprint density at radius 3 is 1.53 bits per heavy atom. The molecule has 2 aromatic rings. The lowest BCUT2D eigenvalue weighted by molar-refractivity contribution is -0.150. The Balaban J connectivity index is 0.000000453. The van der Waals surface area contributed by atoms with Crippen molar-refractivity contribution < 1.29 is 38.2 Å². The molecule has 2 rings (SSSR count). The molecular weight excluding hydrogens is 552 g/mol. The fraction of sp³-hybridized carbons (Fsp3) is 0.485. The summed E-state index contributed by atoms with van der Waals surface area (Å²) >= 11 is 0. The van der Waals surface area contributed by atoms with Crippen LogP contribution < -0.4 is 11.1 Å². The number of amides is 1. The fourth-order valence-electron chi connectivity index (χ4n) is 3.41. The third-order valence-corrected chi connectivity index (χ3v) is 6.02. The average Bonchev–Trinajstić information content (AvgIpc) is 2.99. The number of rotatable bonds is 15. The van der Waals surface area contributed by atoms with Gasteiger partial charge in [0.15, 0.2) is 5.78 Å². The van der Waals surface area contributed by atoms with Crippen LogP contribution in [0.3, 0.4) is 0 Å². The number of alkyl carbamates (subject to hydrolysis) is 1. The van der Waals surface area contributed by atoms with E-state index in [0.717, 1.165) is 11.1 Å². The summed E-state index contributed by atoms with van der Waals surface area (Å²) in [4.78, 5) is 57.9. The molecule has 10 heteroatoms. The number of carbonyl (C=O) groups excluding carboxylic acids is 5. The maximum atomic E-state index is 11.9. The highest BCUT2D eigenvalue weighted by molar-refractivity contribution is 5.84. The van der Waals surface area contributed by atoms with Gasteiger partial charge in [-0.3, -0.25) is 19.2 Å². The van der Waals surface area contributed by atoms with Crippen molar-refractivity contribution in [2.45, 2.75) is 79.1 Å².